The van der Waals surface area contributed by atoms with Crippen molar-refractivity contribution in [1.82, 2.24) is 9.88 Å². The number of benzene rings is 2. The summed E-state index contributed by atoms with van der Waals surface area (Å²) < 4.78 is 6.76. The van der Waals surface area contributed by atoms with Gasteiger partial charge < -0.3 is 19.9 Å². The minimum absolute atomic E-state index is 0.0738. The summed E-state index contributed by atoms with van der Waals surface area (Å²) in [4.78, 5) is 23.1. The van der Waals surface area contributed by atoms with E-state index < -0.39 is 6.09 Å². The highest BCUT2D eigenvalue weighted by molar-refractivity contribution is 6.09. The molecule has 0 radical (unpaired) electrons. The number of fused-ring (bicyclic) bond motifs is 3. The number of nitrogens with zero attached hydrogens (tertiary/aromatic N) is 1. The number of rotatable bonds is 6. The first-order valence-electron chi connectivity index (χ1n) is 8.76. The molecule has 0 saturated heterocycles. The maximum Gasteiger partial charge on any atom is 0.406 e. The van der Waals surface area contributed by atoms with Crippen LogP contribution in [0.4, 0.5) is 10.5 Å². The van der Waals surface area contributed by atoms with Crippen LogP contribution in [0.2, 0.25) is 0 Å². The fourth-order valence-corrected chi connectivity index (χ4v) is 3.21. The number of hydrogen-bond donors (Lipinski definition) is 2. The van der Waals surface area contributed by atoms with E-state index in [1.807, 2.05) is 30.3 Å². The number of amides is 2. The summed E-state index contributed by atoms with van der Waals surface area (Å²) in [6, 6.07) is 14.3. The summed E-state index contributed by atoms with van der Waals surface area (Å²) >= 11 is 0. The molecule has 2 aromatic carbocycles. The molecule has 26 heavy (non-hydrogen) atoms. The van der Waals surface area contributed by atoms with Gasteiger partial charge in [0.05, 0.1) is 7.11 Å². The van der Waals surface area contributed by atoms with Crippen LogP contribution in [0.1, 0.15) is 19.8 Å². The van der Waals surface area contributed by atoms with Crippen LogP contribution in [0.15, 0.2) is 42.5 Å². The van der Waals surface area contributed by atoms with E-state index in [2.05, 4.69) is 39.0 Å². The van der Waals surface area contributed by atoms with Crippen molar-refractivity contribution >= 4 is 39.5 Å². The molecular formula is C20H23N3O3. The van der Waals surface area contributed by atoms with Gasteiger partial charge in [-0.15, -0.1) is 0 Å². The van der Waals surface area contributed by atoms with Crippen LogP contribution >= 0.6 is 0 Å². The highest BCUT2D eigenvalue weighted by atomic mass is 16.5. The molecule has 0 aliphatic carbocycles. The highest BCUT2D eigenvalue weighted by Gasteiger charge is 2.10. The monoisotopic (exact) mass is 353 g/mol. The Balaban J connectivity index is 1.72. The fourth-order valence-electron chi connectivity index (χ4n) is 3.21. The maximum absolute atomic E-state index is 12.1. The average molecular weight is 353 g/mol. The van der Waals surface area contributed by atoms with Crippen molar-refractivity contribution in [2.75, 3.05) is 19.0 Å². The second kappa shape index (κ2) is 7.91. The molecule has 0 saturated carbocycles. The third kappa shape index (κ3) is 3.64. The number of aryl methyl sites for hydroxylation is 1. The Labute approximate surface area is 152 Å². The number of carbonyl (C=O) groups is 2. The number of para-hydroxylation sites is 1. The molecule has 0 spiro atoms. The van der Waals surface area contributed by atoms with Gasteiger partial charge in [-0.3, -0.25) is 4.79 Å². The van der Waals surface area contributed by atoms with Crippen molar-refractivity contribution in [2.45, 2.75) is 26.3 Å². The van der Waals surface area contributed by atoms with E-state index in [0.29, 0.717) is 19.4 Å². The van der Waals surface area contributed by atoms with E-state index >= 15 is 0 Å². The smallest absolute Gasteiger partial charge is 0.406 e. The van der Waals surface area contributed by atoms with Gasteiger partial charge in [0.25, 0.3) is 0 Å². The largest absolute Gasteiger partial charge is 0.453 e. The predicted molar refractivity (Wildman–Crippen MR) is 103 cm³/mol. The standard InChI is InChI=1S/C20H23N3O3/c1-3-23-17-8-5-4-7-15(17)16-13-14(10-11-18(16)23)22-19(24)9-6-12-21-20(25)26-2/h4-5,7-8,10-11,13H,3,6,9,12H2,1-2H3,(H,21,25)(H,22,24). The Morgan fingerprint density at radius 2 is 1.85 bits per heavy atom. The van der Waals surface area contributed by atoms with E-state index in [-0.39, 0.29) is 5.91 Å². The van der Waals surface area contributed by atoms with Crippen molar-refractivity contribution in [1.29, 1.82) is 0 Å². The molecule has 0 fully saturated rings. The van der Waals surface area contributed by atoms with E-state index in [4.69, 9.17) is 0 Å². The maximum atomic E-state index is 12.1. The van der Waals surface area contributed by atoms with Crippen LogP contribution in [-0.2, 0) is 16.1 Å². The summed E-state index contributed by atoms with van der Waals surface area (Å²) in [5.74, 6) is -0.0738. The summed E-state index contributed by atoms with van der Waals surface area (Å²) in [5, 5.41) is 7.81. The first kappa shape index (κ1) is 17.8. The molecule has 0 atom stereocenters. The normalized spacial score (nSPS) is 10.8. The van der Waals surface area contributed by atoms with Gasteiger partial charge in [-0.2, -0.15) is 0 Å². The lowest BCUT2D eigenvalue weighted by Crippen LogP contribution is -2.25. The highest BCUT2D eigenvalue weighted by Crippen LogP contribution is 2.30. The molecule has 0 aliphatic rings. The van der Waals surface area contributed by atoms with E-state index in [9.17, 15) is 9.59 Å². The molecule has 1 heterocycles. The third-order valence-corrected chi connectivity index (χ3v) is 4.41. The topological polar surface area (TPSA) is 72.4 Å². The van der Waals surface area contributed by atoms with Crippen LogP contribution in [0, 0.1) is 0 Å². The second-order valence-electron chi connectivity index (χ2n) is 6.06. The number of alkyl carbamates (subject to hydrolysis) is 1. The van der Waals surface area contributed by atoms with E-state index in [1.165, 1.54) is 18.0 Å². The van der Waals surface area contributed by atoms with Gasteiger partial charge in [-0.05, 0) is 37.6 Å². The molecule has 136 valence electrons. The average Bonchev–Trinajstić information content (AvgIpc) is 2.98. The third-order valence-electron chi connectivity index (χ3n) is 4.41. The Morgan fingerprint density at radius 3 is 2.62 bits per heavy atom. The fraction of sp³-hybridized carbons (Fsp3) is 0.300. The Kier molecular flexibility index (Phi) is 5.41. The van der Waals surface area contributed by atoms with Gasteiger partial charge in [-0.25, -0.2) is 4.79 Å². The molecule has 0 aliphatic heterocycles. The number of hydrogen-bond acceptors (Lipinski definition) is 3. The molecule has 6 heteroatoms. The van der Waals surface area contributed by atoms with E-state index in [0.717, 1.165) is 23.1 Å². The number of anilines is 1. The zero-order valence-corrected chi connectivity index (χ0v) is 15.0. The van der Waals surface area contributed by atoms with Crippen LogP contribution in [-0.4, -0.2) is 30.2 Å². The molecule has 2 amide bonds. The molecule has 3 rings (SSSR count). The van der Waals surface area contributed by atoms with Crippen molar-refractivity contribution in [3.8, 4) is 0 Å². The van der Waals surface area contributed by atoms with Crippen LogP contribution in [0.25, 0.3) is 21.8 Å². The minimum Gasteiger partial charge on any atom is -0.453 e. The SMILES string of the molecule is CCn1c2ccccc2c2cc(NC(=O)CCCNC(=O)OC)ccc21. The first-order valence-corrected chi connectivity index (χ1v) is 8.76. The predicted octanol–water partition coefficient (Wildman–Crippen LogP) is 3.89. The Morgan fingerprint density at radius 1 is 1.08 bits per heavy atom. The quantitative estimate of drug-likeness (QED) is 0.660. The molecule has 3 aromatic rings. The summed E-state index contributed by atoms with van der Waals surface area (Å²) in [6.07, 6.45) is 0.403. The lowest BCUT2D eigenvalue weighted by atomic mass is 10.1. The summed E-state index contributed by atoms with van der Waals surface area (Å²) in [6.45, 7) is 3.43. The summed E-state index contributed by atoms with van der Waals surface area (Å²) in [7, 11) is 1.31. The molecular weight excluding hydrogens is 330 g/mol. The molecule has 6 nitrogen and oxygen atoms in total. The Bertz CT molecular complexity index is 946. The summed E-state index contributed by atoms with van der Waals surface area (Å²) in [5.41, 5.74) is 3.14. The van der Waals surface area contributed by atoms with Gasteiger partial charge in [0.1, 0.15) is 0 Å². The molecule has 1 aromatic heterocycles. The van der Waals surface area contributed by atoms with Crippen molar-refractivity contribution < 1.29 is 14.3 Å². The number of aromatic nitrogens is 1. The zero-order chi connectivity index (χ0) is 18.5. The minimum atomic E-state index is -0.483. The molecule has 0 bridgehead atoms. The first-order chi connectivity index (χ1) is 12.6. The van der Waals surface area contributed by atoms with Gasteiger partial charge in [0, 0.05) is 47.0 Å². The molecule has 2 N–H and O–H groups in total. The van der Waals surface area contributed by atoms with Gasteiger partial charge >= 0.3 is 6.09 Å². The van der Waals surface area contributed by atoms with Gasteiger partial charge in [-0.1, -0.05) is 18.2 Å². The number of methoxy groups -OCH3 is 1. The van der Waals surface area contributed by atoms with Crippen molar-refractivity contribution in [2.24, 2.45) is 0 Å². The lowest BCUT2D eigenvalue weighted by Gasteiger charge is -2.07. The van der Waals surface area contributed by atoms with Crippen LogP contribution in [0.5, 0.6) is 0 Å². The number of nitrogens with one attached hydrogen (secondary N) is 2. The van der Waals surface area contributed by atoms with Crippen molar-refractivity contribution in [3.05, 3.63) is 42.5 Å². The number of ether oxygens (including phenoxy) is 1. The second-order valence-corrected chi connectivity index (χ2v) is 6.06. The van der Waals surface area contributed by atoms with Crippen molar-refractivity contribution in [3.63, 3.8) is 0 Å². The van der Waals surface area contributed by atoms with Crippen LogP contribution < -0.4 is 10.6 Å². The lowest BCUT2D eigenvalue weighted by molar-refractivity contribution is -0.116. The zero-order valence-electron chi connectivity index (χ0n) is 15.0. The van der Waals surface area contributed by atoms with Gasteiger partial charge in [0.2, 0.25) is 5.91 Å². The van der Waals surface area contributed by atoms with E-state index in [1.54, 1.807) is 0 Å². The molecule has 0 unspecified atom stereocenters. The van der Waals surface area contributed by atoms with Gasteiger partial charge in [0.15, 0.2) is 0 Å². The van der Waals surface area contributed by atoms with Crippen LogP contribution in [0.3, 0.4) is 0 Å². The Hall–Kier alpha value is -3.02. The number of carbonyl (C=O) groups excluding carboxylic acids is 2.